The number of nitrogens with one attached hydrogen (secondary N) is 1. The van der Waals surface area contributed by atoms with Crippen molar-refractivity contribution in [2.24, 2.45) is 0 Å². The summed E-state index contributed by atoms with van der Waals surface area (Å²) in [5.41, 5.74) is 0.0546. The molecule has 0 saturated carbocycles. The van der Waals surface area contributed by atoms with Gasteiger partial charge in [-0.1, -0.05) is 29.8 Å². The molecule has 0 amide bonds. The number of hydrogen-bond acceptors (Lipinski definition) is 2. The van der Waals surface area contributed by atoms with Crippen molar-refractivity contribution in [1.82, 2.24) is 4.98 Å². The molecule has 1 aromatic heterocycles. The van der Waals surface area contributed by atoms with Crippen molar-refractivity contribution in [3.63, 3.8) is 0 Å². The second kappa shape index (κ2) is 2.78. The SMILES string of the molecule is O=c1[nH]c2ccccc2c(Cl)c1O. The second-order valence-electron chi connectivity index (χ2n) is 2.66. The van der Waals surface area contributed by atoms with Crippen LogP contribution in [0.2, 0.25) is 5.02 Å². The molecule has 0 spiro atoms. The Labute approximate surface area is 78.6 Å². The summed E-state index contributed by atoms with van der Waals surface area (Å²) in [6, 6.07) is 7.02. The van der Waals surface area contributed by atoms with Crippen LogP contribution in [0.5, 0.6) is 5.75 Å². The van der Waals surface area contributed by atoms with Gasteiger partial charge in [-0.05, 0) is 6.07 Å². The summed E-state index contributed by atoms with van der Waals surface area (Å²) >= 11 is 5.76. The van der Waals surface area contributed by atoms with Crippen LogP contribution in [0, 0.1) is 0 Å². The van der Waals surface area contributed by atoms with E-state index >= 15 is 0 Å². The lowest BCUT2D eigenvalue weighted by Gasteiger charge is -2.00. The molecule has 0 bridgehead atoms. The molecule has 0 aliphatic carbocycles. The number of aromatic hydroxyl groups is 1. The maximum atomic E-state index is 11.1. The van der Waals surface area contributed by atoms with E-state index in [1.54, 1.807) is 24.3 Å². The van der Waals surface area contributed by atoms with Crippen LogP contribution in [0.25, 0.3) is 10.9 Å². The smallest absolute Gasteiger partial charge is 0.292 e. The summed E-state index contributed by atoms with van der Waals surface area (Å²) in [4.78, 5) is 13.6. The van der Waals surface area contributed by atoms with E-state index in [-0.39, 0.29) is 5.02 Å². The number of aromatic amines is 1. The van der Waals surface area contributed by atoms with Crippen molar-refractivity contribution < 1.29 is 5.11 Å². The topological polar surface area (TPSA) is 53.1 Å². The van der Waals surface area contributed by atoms with E-state index in [1.165, 1.54) is 0 Å². The van der Waals surface area contributed by atoms with Crippen molar-refractivity contribution in [3.05, 3.63) is 39.6 Å². The predicted octanol–water partition coefficient (Wildman–Crippen LogP) is 1.89. The maximum Gasteiger partial charge on any atom is 0.292 e. The average molecular weight is 196 g/mol. The lowest BCUT2D eigenvalue weighted by molar-refractivity contribution is 0.468. The number of aromatic nitrogens is 1. The Hall–Kier alpha value is -1.48. The Morgan fingerprint density at radius 1 is 1.31 bits per heavy atom. The van der Waals surface area contributed by atoms with Crippen LogP contribution >= 0.6 is 11.6 Å². The highest BCUT2D eigenvalue weighted by molar-refractivity contribution is 6.36. The molecule has 2 rings (SSSR count). The van der Waals surface area contributed by atoms with Gasteiger partial charge in [0.05, 0.1) is 10.5 Å². The van der Waals surface area contributed by atoms with Crippen LogP contribution in [0.4, 0.5) is 0 Å². The van der Waals surface area contributed by atoms with Crippen LogP contribution in [-0.2, 0) is 0 Å². The molecule has 4 heteroatoms. The summed E-state index contributed by atoms with van der Waals surface area (Å²) in [6.07, 6.45) is 0. The molecule has 3 nitrogen and oxygen atoms in total. The van der Waals surface area contributed by atoms with Crippen LogP contribution in [0.3, 0.4) is 0 Å². The van der Waals surface area contributed by atoms with Gasteiger partial charge in [-0.15, -0.1) is 0 Å². The number of hydrogen-bond donors (Lipinski definition) is 2. The lowest BCUT2D eigenvalue weighted by atomic mass is 10.2. The maximum absolute atomic E-state index is 11.1. The molecule has 1 aromatic carbocycles. The van der Waals surface area contributed by atoms with E-state index in [4.69, 9.17) is 11.6 Å². The highest BCUT2D eigenvalue weighted by atomic mass is 35.5. The highest BCUT2D eigenvalue weighted by Gasteiger charge is 2.07. The zero-order valence-corrected chi connectivity index (χ0v) is 7.30. The quantitative estimate of drug-likeness (QED) is 0.675. The molecule has 0 atom stereocenters. The minimum absolute atomic E-state index is 0.0966. The van der Waals surface area contributed by atoms with Gasteiger partial charge in [-0.25, -0.2) is 0 Å². The number of benzene rings is 1. The Morgan fingerprint density at radius 3 is 2.77 bits per heavy atom. The summed E-state index contributed by atoms with van der Waals surface area (Å²) in [6.45, 7) is 0. The van der Waals surface area contributed by atoms with Crippen LogP contribution in [0.1, 0.15) is 0 Å². The third kappa shape index (κ3) is 1.17. The number of fused-ring (bicyclic) bond motifs is 1. The van der Waals surface area contributed by atoms with Crippen molar-refractivity contribution in [3.8, 4) is 5.75 Å². The van der Waals surface area contributed by atoms with E-state index in [0.29, 0.717) is 10.9 Å². The molecule has 0 fully saturated rings. The van der Waals surface area contributed by atoms with Gasteiger partial charge in [0.2, 0.25) is 5.75 Å². The Kier molecular flexibility index (Phi) is 1.74. The van der Waals surface area contributed by atoms with E-state index in [2.05, 4.69) is 4.98 Å². The van der Waals surface area contributed by atoms with Crippen LogP contribution in [-0.4, -0.2) is 10.1 Å². The van der Waals surface area contributed by atoms with Gasteiger partial charge in [0.25, 0.3) is 5.56 Å². The monoisotopic (exact) mass is 195 g/mol. The summed E-state index contributed by atoms with van der Waals surface area (Å²) in [7, 11) is 0. The lowest BCUT2D eigenvalue weighted by Crippen LogP contribution is -2.05. The zero-order valence-electron chi connectivity index (χ0n) is 6.54. The van der Waals surface area contributed by atoms with E-state index in [9.17, 15) is 9.90 Å². The Morgan fingerprint density at radius 2 is 2.00 bits per heavy atom. The normalized spacial score (nSPS) is 10.5. The number of halogens is 1. The van der Waals surface area contributed by atoms with Gasteiger partial charge < -0.3 is 10.1 Å². The molecular formula is C9H6ClNO2. The van der Waals surface area contributed by atoms with E-state index in [1.807, 2.05) is 0 Å². The Bertz CT molecular complexity index is 518. The summed E-state index contributed by atoms with van der Waals surface area (Å²) in [5.74, 6) is -0.430. The third-order valence-corrected chi connectivity index (χ3v) is 2.22. The van der Waals surface area contributed by atoms with Crippen molar-refractivity contribution >= 4 is 22.5 Å². The molecule has 2 aromatic rings. The fourth-order valence-electron chi connectivity index (χ4n) is 1.19. The molecule has 0 saturated heterocycles. The first-order valence-electron chi connectivity index (χ1n) is 3.69. The van der Waals surface area contributed by atoms with Gasteiger partial charge >= 0.3 is 0 Å². The van der Waals surface area contributed by atoms with Gasteiger partial charge in [0.15, 0.2) is 0 Å². The second-order valence-corrected chi connectivity index (χ2v) is 3.04. The van der Waals surface area contributed by atoms with E-state index in [0.717, 1.165) is 0 Å². The van der Waals surface area contributed by atoms with E-state index < -0.39 is 11.3 Å². The standard InChI is InChI=1S/C9H6ClNO2/c10-7-5-3-1-2-4-6(5)11-9(13)8(7)12/h1-4,12H,(H,11,13). The molecule has 0 aliphatic heterocycles. The van der Waals surface area contributed by atoms with Crippen molar-refractivity contribution in [2.45, 2.75) is 0 Å². The molecule has 0 aliphatic rings. The number of H-pyrrole nitrogens is 1. The van der Waals surface area contributed by atoms with Crippen LogP contribution < -0.4 is 5.56 Å². The number of para-hydroxylation sites is 1. The number of rotatable bonds is 0. The zero-order chi connectivity index (χ0) is 9.42. The van der Waals surface area contributed by atoms with Gasteiger partial charge in [0.1, 0.15) is 0 Å². The molecule has 13 heavy (non-hydrogen) atoms. The predicted molar refractivity (Wildman–Crippen MR) is 51.2 cm³/mol. The molecule has 1 heterocycles. The molecule has 66 valence electrons. The highest BCUT2D eigenvalue weighted by Crippen LogP contribution is 2.26. The fourth-order valence-corrected chi connectivity index (χ4v) is 1.44. The van der Waals surface area contributed by atoms with Gasteiger partial charge in [0, 0.05) is 5.39 Å². The van der Waals surface area contributed by atoms with Crippen LogP contribution in [0.15, 0.2) is 29.1 Å². The molecule has 0 radical (unpaired) electrons. The summed E-state index contributed by atoms with van der Waals surface area (Å²) in [5, 5.41) is 9.97. The third-order valence-electron chi connectivity index (χ3n) is 1.83. The summed E-state index contributed by atoms with van der Waals surface area (Å²) < 4.78 is 0. The fraction of sp³-hybridized carbons (Fsp3) is 0. The first-order valence-corrected chi connectivity index (χ1v) is 4.07. The Balaban J connectivity index is 3.02. The molecule has 2 N–H and O–H groups in total. The van der Waals surface area contributed by atoms with Crippen molar-refractivity contribution in [2.75, 3.05) is 0 Å². The largest absolute Gasteiger partial charge is 0.502 e. The van der Waals surface area contributed by atoms with Crippen molar-refractivity contribution in [1.29, 1.82) is 0 Å². The minimum atomic E-state index is -0.566. The minimum Gasteiger partial charge on any atom is -0.502 e. The average Bonchev–Trinajstić information content (AvgIpc) is 2.15. The van der Waals surface area contributed by atoms with Gasteiger partial charge in [-0.2, -0.15) is 0 Å². The molecular weight excluding hydrogens is 190 g/mol. The first-order chi connectivity index (χ1) is 6.20. The molecule has 0 unspecified atom stereocenters. The first kappa shape index (κ1) is 8.13. The number of pyridine rings is 1. The van der Waals surface area contributed by atoms with Gasteiger partial charge in [-0.3, -0.25) is 4.79 Å².